The predicted molar refractivity (Wildman–Crippen MR) is 109 cm³/mol. The lowest BCUT2D eigenvalue weighted by atomic mass is 10.0. The highest BCUT2D eigenvalue weighted by molar-refractivity contribution is 7.15. The molecular weight excluding hydrogens is 356 g/mol. The molecule has 6 heteroatoms. The molecule has 1 heterocycles. The molecule has 1 aromatic heterocycles. The van der Waals surface area contributed by atoms with Gasteiger partial charge >= 0.3 is 0 Å². The fraction of sp³-hybridized carbons (Fsp3) is 0. The van der Waals surface area contributed by atoms with Crippen LogP contribution in [0.4, 0.5) is 10.7 Å². The zero-order chi connectivity index (χ0) is 19.1. The van der Waals surface area contributed by atoms with Gasteiger partial charge in [0, 0.05) is 10.9 Å². The van der Waals surface area contributed by atoms with Gasteiger partial charge < -0.3 is 5.32 Å². The lowest BCUT2D eigenvalue weighted by Gasteiger charge is -2.04. The van der Waals surface area contributed by atoms with Crippen LogP contribution in [0.2, 0.25) is 0 Å². The summed E-state index contributed by atoms with van der Waals surface area (Å²) in [5, 5.41) is 18.2. The first-order valence-electron chi connectivity index (χ1n) is 7.96. The number of thiophene rings is 1. The van der Waals surface area contributed by atoms with Gasteiger partial charge in [0.2, 0.25) is 5.71 Å². The molecule has 0 saturated carbocycles. The largest absolute Gasteiger partial charge is 0.310 e. The Kier molecular flexibility index (Phi) is 5.64. The van der Waals surface area contributed by atoms with Crippen molar-refractivity contribution in [3.8, 4) is 29.5 Å². The molecule has 0 aliphatic heterocycles. The number of hydrogen-bond acceptors (Lipinski definition) is 5. The molecule has 0 unspecified atom stereocenters. The second kappa shape index (κ2) is 8.48. The minimum atomic E-state index is -0.626. The highest BCUT2D eigenvalue weighted by atomic mass is 32.1. The molecule has 1 amide bonds. The average Bonchev–Trinajstić information content (AvgIpc) is 3.12. The van der Waals surface area contributed by atoms with Crippen LogP contribution in [0.1, 0.15) is 5.56 Å². The zero-order valence-electron chi connectivity index (χ0n) is 14.1. The van der Waals surface area contributed by atoms with E-state index in [4.69, 9.17) is 6.42 Å². The number of nitriles is 1. The van der Waals surface area contributed by atoms with Crippen LogP contribution >= 0.6 is 11.3 Å². The third-order valence-electron chi connectivity index (χ3n) is 3.64. The molecule has 3 aromatic rings. The van der Waals surface area contributed by atoms with Crippen molar-refractivity contribution in [2.24, 2.45) is 5.10 Å². The van der Waals surface area contributed by atoms with Gasteiger partial charge in [0.05, 0.1) is 11.3 Å². The van der Waals surface area contributed by atoms with Crippen LogP contribution in [-0.2, 0) is 4.79 Å². The maximum atomic E-state index is 12.4. The molecule has 0 atom stereocenters. The SMILES string of the molecule is C#Cc1c(-c2ccccc2)csc1NC(=O)/C(C#N)=N/Nc1ccccc1. The van der Waals surface area contributed by atoms with E-state index >= 15 is 0 Å². The second-order valence-corrected chi connectivity index (χ2v) is 6.25. The molecule has 0 bridgehead atoms. The van der Waals surface area contributed by atoms with Gasteiger partial charge in [-0.3, -0.25) is 10.2 Å². The Hall–Kier alpha value is -3.87. The van der Waals surface area contributed by atoms with Crippen molar-refractivity contribution in [1.29, 1.82) is 5.26 Å². The number of terminal acetylenes is 1. The number of hydrogen-bond donors (Lipinski definition) is 2. The topological polar surface area (TPSA) is 77.3 Å². The number of carbonyl (C=O) groups excluding carboxylic acids is 1. The first kappa shape index (κ1) is 17.9. The van der Waals surface area contributed by atoms with Gasteiger partial charge in [0.1, 0.15) is 11.1 Å². The fourth-order valence-corrected chi connectivity index (χ4v) is 3.27. The van der Waals surface area contributed by atoms with Crippen molar-refractivity contribution in [3.05, 3.63) is 71.6 Å². The first-order valence-corrected chi connectivity index (χ1v) is 8.84. The minimum Gasteiger partial charge on any atom is -0.310 e. The molecule has 27 heavy (non-hydrogen) atoms. The fourth-order valence-electron chi connectivity index (χ4n) is 2.35. The van der Waals surface area contributed by atoms with Gasteiger partial charge in [-0.25, -0.2) is 0 Å². The van der Waals surface area contributed by atoms with Crippen molar-refractivity contribution >= 4 is 33.6 Å². The van der Waals surface area contributed by atoms with Gasteiger partial charge in [-0.15, -0.1) is 17.8 Å². The number of nitrogens with zero attached hydrogens (tertiary/aromatic N) is 2. The second-order valence-electron chi connectivity index (χ2n) is 5.37. The van der Waals surface area contributed by atoms with Crippen molar-refractivity contribution < 1.29 is 4.79 Å². The monoisotopic (exact) mass is 370 g/mol. The van der Waals surface area contributed by atoms with Crippen molar-refractivity contribution in [2.45, 2.75) is 0 Å². The van der Waals surface area contributed by atoms with Gasteiger partial charge in [-0.2, -0.15) is 10.4 Å². The van der Waals surface area contributed by atoms with Crippen molar-refractivity contribution in [1.82, 2.24) is 0 Å². The summed E-state index contributed by atoms with van der Waals surface area (Å²) in [6.45, 7) is 0. The molecule has 3 rings (SSSR count). The Morgan fingerprint density at radius 2 is 1.74 bits per heavy atom. The van der Waals surface area contributed by atoms with E-state index in [0.29, 0.717) is 16.3 Å². The summed E-state index contributed by atoms with van der Waals surface area (Å²) in [7, 11) is 0. The summed E-state index contributed by atoms with van der Waals surface area (Å²) >= 11 is 1.31. The Balaban J connectivity index is 1.80. The summed E-state index contributed by atoms with van der Waals surface area (Å²) in [5.74, 6) is 1.99. The molecule has 5 nitrogen and oxygen atoms in total. The highest BCUT2D eigenvalue weighted by Gasteiger charge is 2.17. The van der Waals surface area contributed by atoms with E-state index in [-0.39, 0.29) is 5.71 Å². The number of benzene rings is 2. The van der Waals surface area contributed by atoms with E-state index in [1.54, 1.807) is 18.2 Å². The summed E-state index contributed by atoms with van der Waals surface area (Å²) < 4.78 is 0. The first-order chi connectivity index (χ1) is 13.2. The van der Waals surface area contributed by atoms with E-state index in [1.807, 2.05) is 53.9 Å². The van der Waals surface area contributed by atoms with Gasteiger partial charge in [0.25, 0.3) is 5.91 Å². The molecule has 0 spiro atoms. The maximum absolute atomic E-state index is 12.4. The van der Waals surface area contributed by atoms with E-state index in [9.17, 15) is 10.1 Å². The Morgan fingerprint density at radius 1 is 1.07 bits per heavy atom. The van der Waals surface area contributed by atoms with Gasteiger partial charge in [0.15, 0.2) is 0 Å². The number of carbonyl (C=O) groups is 1. The van der Waals surface area contributed by atoms with E-state index in [0.717, 1.165) is 11.1 Å². The van der Waals surface area contributed by atoms with Crippen LogP contribution in [0.25, 0.3) is 11.1 Å². The van der Waals surface area contributed by atoms with Crippen LogP contribution in [0.3, 0.4) is 0 Å². The molecule has 0 saturated heterocycles. The normalized spacial score (nSPS) is 10.5. The molecule has 2 aromatic carbocycles. The number of amides is 1. The van der Waals surface area contributed by atoms with Crippen molar-refractivity contribution in [3.63, 3.8) is 0 Å². The molecule has 0 aliphatic rings. The predicted octanol–water partition coefficient (Wildman–Crippen LogP) is 4.33. The summed E-state index contributed by atoms with van der Waals surface area (Å²) in [6, 6.07) is 20.5. The molecule has 130 valence electrons. The lowest BCUT2D eigenvalue weighted by molar-refractivity contribution is -0.110. The maximum Gasteiger partial charge on any atom is 0.287 e. The summed E-state index contributed by atoms with van der Waals surface area (Å²) in [4.78, 5) is 12.4. The number of para-hydroxylation sites is 1. The molecule has 0 aliphatic carbocycles. The number of hydrazone groups is 1. The Labute approximate surface area is 161 Å². The van der Waals surface area contributed by atoms with Crippen LogP contribution in [0.15, 0.2) is 71.1 Å². The summed E-state index contributed by atoms with van der Waals surface area (Å²) in [6.07, 6.45) is 5.65. The zero-order valence-corrected chi connectivity index (χ0v) is 15.0. The number of nitrogens with one attached hydrogen (secondary N) is 2. The van der Waals surface area contributed by atoms with Crippen molar-refractivity contribution in [2.75, 3.05) is 10.7 Å². The number of anilines is 2. The Bertz CT molecular complexity index is 1060. The quantitative estimate of drug-likeness (QED) is 0.399. The molecule has 0 fully saturated rings. The molecular formula is C21H14N4OS. The third kappa shape index (κ3) is 4.21. The minimum absolute atomic E-state index is 0.295. The van der Waals surface area contributed by atoms with Crippen LogP contribution < -0.4 is 10.7 Å². The highest BCUT2D eigenvalue weighted by Crippen LogP contribution is 2.34. The van der Waals surface area contributed by atoms with Gasteiger partial charge in [-0.1, -0.05) is 54.5 Å². The lowest BCUT2D eigenvalue weighted by Crippen LogP contribution is -2.22. The average molecular weight is 370 g/mol. The van der Waals surface area contributed by atoms with Crippen LogP contribution in [0.5, 0.6) is 0 Å². The van der Waals surface area contributed by atoms with Gasteiger partial charge in [-0.05, 0) is 17.7 Å². The third-order valence-corrected chi connectivity index (χ3v) is 4.53. The standard InChI is InChI=1S/C21H14N4OS/c1-2-17-18(15-9-5-3-6-10-15)14-27-21(17)23-20(26)19(13-22)25-24-16-11-7-4-8-12-16/h1,3-12,14,24H,(H,23,26)/b25-19+. The number of rotatable bonds is 5. The summed E-state index contributed by atoms with van der Waals surface area (Å²) in [5.41, 5.74) is 5.46. The van der Waals surface area contributed by atoms with E-state index in [2.05, 4.69) is 21.8 Å². The molecule has 2 N–H and O–H groups in total. The van der Waals surface area contributed by atoms with Crippen LogP contribution in [-0.4, -0.2) is 11.6 Å². The Morgan fingerprint density at radius 3 is 2.37 bits per heavy atom. The van der Waals surface area contributed by atoms with Crippen LogP contribution in [0, 0.1) is 23.7 Å². The smallest absolute Gasteiger partial charge is 0.287 e. The molecule has 0 radical (unpaired) electrons. The van der Waals surface area contributed by atoms with E-state index in [1.165, 1.54) is 11.3 Å². The van der Waals surface area contributed by atoms with E-state index < -0.39 is 5.91 Å².